The highest BCUT2D eigenvalue weighted by Crippen LogP contribution is 2.28. The van der Waals surface area contributed by atoms with Crippen molar-refractivity contribution in [3.63, 3.8) is 0 Å². The number of aromatic hydroxyl groups is 3. The molecule has 7 rings (SSSR count). The highest BCUT2D eigenvalue weighted by Gasteiger charge is 2.04. The fourth-order valence-corrected chi connectivity index (χ4v) is 7.12. The Hall–Kier alpha value is -5.54. The molecule has 3 N–H and O–H groups in total. The first-order chi connectivity index (χ1) is 30.9. The number of hydrogen-bond acceptors (Lipinski definition) is 3. The van der Waals surface area contributed by atoms with E-state index in [1.165, 1.54) is 62.2 Å². The summed E-state index contributed by atoms with van der Waals surface area (Å²) in [6.45, 7) is 28.7. The zero-order chi connectivity index (χ0) is 48.3. The van der Waals surface area contributed by atoms with Crippen LogP contribution >= 0.6 is 0 Å². The van der Waals surface area contributed by atoms with E-state index in [2.05, 4.69) is 169 Å². The molecule has 0 fully saturated rings. The molecule has 0 aliphatic rings. The second-order valence-corrected chi connectivity index (χ2v) is 19.5. The zero-order valence-corrected chi connectivity index (χ0v) is 42.4. The predicted molar refractivity (Wildman–Crippen MR) is 286 cm³/mol. The normalized spacial score (nSPS) is 10.6. The van der Waals surface area contributed by atoms with Gasteiger partial charge in [-0.05, 0) is 141 Å². The standard InChI is InChI=1S/C17H16.3C10H14O.C9H12.C6H14/c1-12(2)14-9-10-17-15(11-14)8-7-13-5-3-4-6-16(13)17;3*1-8(2)7-9-3-5-10(11)6-4-9;1-8(2)9-6-4-3-5-7-9;1-4-5-6(2)3/h3-12H,1-2H3;3*3-6,8,11H,7H2,1-2H3;3-8H,1-2H3;6H,4-5H2,1-3H3. The molecular weight excluding hydrogens is 793 g/mol. The summed E-state index contributed by atoms with van der Waals surface area (Å²) in [6.07, 6.45) is 5.96. The van der Waals surface area contributed by atoms with Crippen LogP contribution in [-0.2, 0) is 19.3 Å². The average Bonchev–Trinajstić information content (AvgIpc) is 3.27. The molecule has 0 bridgehead atoms. The van der Waals surface area contributed by atoms with E-state index in [4.69, 9.17) is 15.3 Å². The van der Waals surface area contributed by atoms with Crippen LogP contribution in [0.3, 0.4) is 0 Å². The minimum absolute atomic E-state index is 0.345. The average molecular weight is 877 g/mol. The van der Waals surface area contributed by atoms with Crippen LogP contribution in [0.15, 0.2) is 158 Å². The van der Waals surface area contributed by atoms with Crippen molar-refractivity contribution in [1.29, 1.82) is 0 Å². The molecule has 0 amide bonds. The SMILES string of the molecule is CC(C)Cc1ccc(O)cc1.CC(C)Cc1ccc(O)cc1.CC(C)Cc1ccc(O)cc1.CC(C)c1ccc2c(ccc3ccccc32)c1.CC(C)c1ccccc1.CCCC(C)C. The second kappa shape index (κ2) is 30.6. The smallest absolute Gasteiger partial charge is 0.115 e. The number of phenols is 3. The molecular formula is C62H84O3. The van der Waals surface area contributed by atoms with E-state index >= 15 is 0 Å². The van der Waals surface area contributed by atoms with Gasteiger partial charge in [0.2, 0.25) is 0 Å². The molecule has 0 aromatic heterocycles. The monoisotopic (exact) mass is 877 g/mol. The Kier molecular flexibility index (Phi) is 26.1. The van der Waals surface area contributed by atoms with Crippen LogP contribution in [-0.4, -0.2) is 15.3 Å². The first-order valence-electron chi connectivity index (χ1n) is 24.2. The molecule has 0 heterocycles. The summed E-state index contributed by atoms with van der Waals surface area (Å²) < 4.78 is 0. The molecule has 3 heteroatoms. The van der Waals surface area contributed by atoms with E-state index in [1.54, 1.807) is 36.4 Å². The van der Waals surface area contributed by atoms with Crippen LogP contribution in [0, 0.1) is 23.7 Å². The lowest BCUT2D eigenvalue weighted by molar-refractivity contribution is 0.474. The lowest BCUT2D eigenvalue weighted by Gasteiger charge is -2.08. The molecule has 0 aliphatic carbocycles. The number of fused-ring (bicyclic) bond motifs is 3. The van der Waals surface area contributed by atoms with Crippen LogP contribution in [0.2, 0.25) is 0 Å². The van der Waals surface area contributed by atoms with Crippen molar-refractivity contribution < 1.29 is 15.3 Å². The third-order valence-corrected chi connectivity index (χ3v) is 10.5. The van der Waals surface area contributed by atoms with Crippen LogP contribution in [0.1, 0.15) is 143 Å². The molecule has 0 saturated heterocycles. The molecule has 0 unspecified atom stereocenters. The summed E-state index contributed by atoms with van der Waals surface area (Å²) in [5, 5.41) is 32.3. The van der Waals surface area contributed by atoms with E-state index in [9.17, 15) is 0 Å². The Morgan fingerprint density at radius 3 is 1.05 bits per heavy atom. The van der Waals surface area contributed by atoms with E-state index in [0.29, 0.717) is 46.8 Å². The molecule has 65 heavy (non-hydrogen) atoms. The zero-order valence-electron chi connectivity index (χ0n) is 42.4. The van der Waals surface area contributed by atoms with Crippen LogP contribution in [0.5, 0.6) is 17.2 Å². The molecule has 0 atom stereocenters. The van der Waals surface area contributed by atoms with Gasteiger partial charge in [0, 0.05) is 0 Å². The van der Waals surface area contributed by atoms with Gasteiger partial charge in [-0.3, -0.25) is 0 Å². The second-order valence-electron chi connectivity index (χ2n) is 19.5. The van der Waals surface area contributed by atoms with Crippen molar-refractivity contribution >= 4 is 21.5 Å². The number of benzene rings is 7. The molecule has 7 aromatic carbocycles. The van der Waals surface area contributed by atoms with Gasteiger partial charge >= 0.3 is 0 Å². The third kappa shape index (κ3) is 23.8. The number of phenolic OH excluding ortho intramolecular Hbond substituents is 3. The third-order valence-electron chi connectivity index (χ3n) is 10.5. The largest absolute Gasteiger partial charge is 0.508 e. The Balaban J connectivity index is 0.000000276. The molecule has 0 saturated carbocycles. The van der Waals surface area contributed by atoms with Crippen molar-refractivity contribution in [3.8, 4) is 17.2 Å². The summed E-state index contributed by atoms with van der Waals surface area (Å²) in [4.78, 5) is 0. The first-order valence-corrected chi connectivity index (χ1v) is 24.2. The summed E-state index contributed by atoms with van der Waals surface area (Å²) in [7, 11) is 0. The van der Waals surface area contributed by atoms with E-state index < -0.39 is 0 Å². The lowest BCUT2D eigenvalue weighted by Crippen LogP contribution is -1.92. The fourth-order valence-electron chi connectivity index (χ4n) is 7.12. The number of hydrogen-bond donors (Lipinski definition) is 3. The highest BCUT2D eigenvalue weighted by molar-refractivity contribution is 6.07. The summed E-state index contributed by atoms with van der Waals surface area (Å²) in [5.41, 5.74) is 6.69. The fraction of sp³-hybridized carbons (Fsp3) is 0.387. The van der Waals surface area contributed by atoms with E-state index in [-0.39, 0.29) is 0 Å². The van der Waals surface area contributed by atoms with Crippen molar-refractivity contribution in [1.82, 2.24) is 0 Å². The Bertz CT molecular complexity index is 2140. The van der Waals surface area contributed by atoms with Crippen molar-refractivity contribution in [2.75, 3.05) is 0 Å². The van der Waals surface area contributed by atoms with Gasteiger partial charge in [0.15, 0.2) is 0 Å². The van der Waals surface area contributed by atoms with Crippen LogP contribution in [0.4, 0.5) is 0 Å². The molecule has 0 aliphatic heterocycles. The summed E-state index contributed by atoms with van der Waals surface area (Å²) >= 11 is 0. The number of rotatable bonds is 10. The van der Waals surface area contributed by atoms with Crippen LogP contribution in [0.25, 0.3) is 21.5 Å². The minimum atomic E-state index is 0.345. The maximum absolute atomic E-state index is 8.99. The molecule has 7 aromatic rings. The predicted octanol–water partition coefficient (Wildman–Crippen LogP) is 18.1. The van der Waals surface area contributed by atoms with E-state index in [0.717, 1.165) is 25.2 Å². The van der Waals surface area contributed by atoms with Crippen LogP contribution < -0.4 is 0 Å². The van der Waals surface area contributed by atoms with Gasteiger partial charge in [-0.25, -0.2) is 0 Å². The van der Waals surface area contributed by atoms with Gasteiger partial charge in [0.1, 0.15) is 17.2 Å². The van der Waals surface area contributed by atoms with Crippen molar-refractivity contribution in [3.05, 3.63) is 186 Å². The van der Waals surface area contributed by atoms with Gasteiger partial charge < -0.3 is 15.3 Å². The van der Waals surface area contributed by atoms with Crippen molar-refractivity contribution in [2.24, 2.45) is 23.7 Å². The molecule has 0 spiro atoms. The van der Waals surface area contributed by atoms with Gasteiger partial charge in [-0.15, -0.1) is 0 Å². The van der Waals surface area contributed by atoms with Crippen molar-refractivity contribution in [2.45, 2.75) is 134 Å². The maximum atomic E-state index is 8.99. The topological polar surface area (TPSA) is 60.7 Å². The molecule has 3 nitrogen and oxygen atoms in total. The van der Waals surface area contributed by atoms with Gasteiger partial charge in [0.05, 0.1) is 0 Å². The van der Waals surface area contributed by atoms with Gasteiger partial charge in [-0.2, -0.15) is 0 Å². The molecule has 0 radical (unpaired) electrons. The Labute approximate surface area is 395 Å². The quantitative estimate of drug-likeness (QED) is 0.120. The lowest BCUT2D eigenvalue weighted by atomic mass is 9.96. The highest BCUT2D eigenvalue weighted by atomic mass is 16.3. The summed E-state index contributed by atoms with van der Waals surface area (Å²) in [6, 6.07) is 52.6. The first kappa shape index (κ1) is 55.6. The Morgan fingerprint density at radius 2 is 0.708 bits per heavy atom. The van der Waals surface area contributed by atoms with E-state index in [1.807, 2.05) is 42.5 Å². The van der Waals surface area contributed by atoms with Gasteiger partial charge in [0.25, 0.3) is 0 Å². The minimum Gasteiger partial charge on any atom is -0.508 e. The summed E-state index contributed by atoms with van der Waals surface area (Å²) in [5.74, 6) is 5.22. The van der Waals surface area contributed by atoms with Gasteiger partial charge in [-0.1, -0.05) is 224 Å². The maximum Gasteiger partial charge on any atom is 0.115 e. The Morgan fingerprint density at radius 1 is 0.338 bits per heavy atom. The molecule has 350 valence electrons.